The van der Waals surface area contributed by atoms with Gasteiger partial charge < -0.3 is 14.4 Å². The Morgan fingerprint density at radius 2 is 2.00 bits per heavy atom. The first-order valence-corrected chi connectivity index (χ1v) is 6.36. The summed E-state index contributed by atoms with van der Waals surface area (Å²) in [7, 11) is 3.92. The first-order chi connectivity index (χ1) is 9.26. The second kappa shape index (κ2) is 7.04. The van der Waals surface area contributed by atoms with Crippen LogP contribution in [0.3, 0.4) is 0 Å². The zero-order chi connectivity index (χ0) is 15.2. The molecule has 20 heavy (non-hydrogen) atoms. The van der Waals surface area contributed by atoms with Gasteiger partial charge in [-0.25, -0.2) is 14.8 Å². The maximum atomic E-state index is 11.5. The Balaban J connectivity index is 2.44. The number of aromatic nitrogens is 2. The van der Waals surface area contributed by atoms with Crippen LogP contribution < -0.4 is 10.1 Å². The fraction of sp³-hybridized carbons (Fsp3) is 0.615. The average molecular weight is 282 g/mol. The van der Waals surface area contributed by atoms with Crippen LogP contribution in [-0.2, 0) is 4.74 Å². The number of rotatable bonds is 5. The smallest absolute Gasteiger partial charge is 0.413 e. The number of carbonyl (C=O) groups excluding carboxylic acids is 1. The number of nitrogens with zero attached hydrogens (tertiary/aromatic N) is 3. The molecule has 0 spiro atoms. The summed E-state index contributed by atoms with van der Waals surface area (Å²) in [5.74, 6) is 0.737. The standard InChI is InChI=1S/C13H22N4O3/c1-13(2,3)20-12(18)16-10-8-15-11(9-14-10)19-7-6-17(4)5/h8-9H,6-7H2,1-5H3,(H,14,16,18). The Hall–Kier alpha value is -1.89. The van der Waals surface area contributed by atoms with E-state index >= 15 is 0 Å². The van der Waals surface area contributed by atoms with Gasteiger partial charge in [0, 0.05) is 6.54 Å². The fourth-order valence-electron chi connectivity index (χ4n) is 1.20. The number of carbonyl (C=O) groups is 1. The van der Waals surface area contributed by atoms with E-state index in [1.165, 1.54) is 12.4 Å². The van der Waals surface area contributed by atoms with Crippen LogP contribution in [0.1, 0.15) is 20.8 Å². The number of hydrogen-bond acceptors (Lipinski definition) is 6. The Morgan fingerprint density at radius 3 is 2.50 bits per heavy atom. The minimum absolute atomic E-state index is 0.319. The number of ether oxygens (including phenoxy) is 2. The molecule has 0 bridgehead atoms. The molecule has 1 N–H and O–H groups in total. The van der Waals surface area contributed by atoms with Gasteiger partial charge >= 0.3 is 6.09 Å². The molecule has 112 valence electrons. The summed E-state index contributed by atoms with van der Waals surface area (Å²) >= 11 is 0. The van der Waals surface area contributed by atoms with E-state index in [0.717, 1.165) is 6.54 Å². The minimum Gasteiger partial charge on any atom is -0.475 e. The third-order valence-corrected chi connectivity index (χ3v) is 2.05. The Kier molecular flexibility index (Phi) is 5.69. The molecule has 1 aromatic heterocycles. The number of amides is 1. The van der Waals surface area contributed by atoms with Crippen molar-refractivity contribution in [3.8, 4) is 5.88 Å². The van der Waals surface area contributed by atoms with Crippen molar-refractivity contribution in [3.05, 3.63) is 12.4 Å². The van der Waals surface area contributed by atoms with Crippen LogP contribution >= 0.6 is 0 Å². The van der Waals surface area contributed by atoms with Gasteiger partial charge in [-0.1, -0.05) is 0 Å². The van der Waals surface area contributed by atoms with Gasteiger partial charge in [0.15, 0.2) is 5.82 Å². The SMILES string of the molecule is CN(C)CCOc1cnc(NC(=O)OC(C)(C)C)cn1. The van der Waals surface area contributed by atoms with Crippen LogP contribution in [0, 0.1) is 0 Å². The molecule has 1 rings (SSSR count). The molecule has 1 amide bonds. The summed E-state index contributed by atoms with van der Waals surface area (Å²) in [6.07, 6.45) is 2.32. The Morgan fingerprint density at radius 1 is 1.30 bits per heavy atom. The normalized spacial score (nSPS) is 11.3. The fourth-order valence-corrected chi connectivity index (χ4v) is 1.20. The van der Waals surface area contributed by atoms with Crippen LogP contribution in [0.4, 0.5) is 10.6 Å². The van der Waals surface area contributed by atoms with Gasteiger partial charge in [0.2, 0.25) is 5.88 Å². The predicted octanol–water partition coefficient (Wildman–Crippen LogP) is 1.76. The molecular weight excluding hydrogens is 260 g/mol. The predicted molar refractivity (Wildman–Crippen MR) is 75.9 cm³/mol. The van der Waals surface area contributed by atoms with E-state index in [9.17, 15) is 4.79 Å². The monoisotopic (exact) mass is 282 g/mol. The zero-order valence-electron chi connectivity index (χ0n) is 12.6. The van der Waals surface area contributed by atoms with Crippen LogP contribution in [0.2, 0.25) is 0 Å². The lowest BCUT2D eigenvalue weighted by atomic mass is 10.2. The van der Waals surface area contributed by atoms with E-state index in [4.69, 9.17) is 9.47 Å². The number of likely N-dealkylation sites (N-methyl/N-ethyl adjacent to an activating group) is 1. The highest BCUT2D eigenvalue weighted by Crippen LogP contribution is 2.11. The molecule has 0 atom stereocenters. The molecule has 0 aliphatic heterocycles. The number of hydrogen-bond donors (Lipinski definition) is 1. The summed E-state index contributed by atoms with van der Waals surface area (Å²) in [5.41, 5.74) is -0.549. The van der Waals surface area contributed by atoms with E-state index < -0.39 is 11.7 Å². The lowest BCUT2D eigenvalue weighted by molar-refractivity contribution is 0.0635. The van der Waals surface area contributed by atoms with Gasteiger partial charge in [-0.05, 0) is 34.9 Å². The molecule has 0 aliphatic carbocycles. The van der Waals surface area contributed by atoms with Gasteiger partial charge in [0.25, 0.3) is 0 Å². The molecule has 0 radical (unpaired) electrons. The molecule has 7 nitrogen and oxygen atoms in total. The van der Waals surface area contributed by atoms with Gasteiger partial charge in [0.1, 0.15) is 12.2 Å². The van der Waals surface area contributed by atoms with Crippen LogP contribution in [0.15, 0.2) is 12.4 Å². The van der Waals surface area contributed by atoms with Crippen LogP contribution in [0.5, 0.6) is 5.88 Å². The summed E-state index contributed by atoms with van der Waals surface area (Å²) < 4.78 is 10.5. The molecule has 0 aliphatic rings. The van der Waals surface area contributed by atoms with Gasteiger partial charge in [-0.3, -0.25) is 5.32 Å². The molecule has 1 heterocycles. The highest BCUT2D eigenvalue weighted by Gasteiger charge is 2.16. The molecule has 7 heteroatoms. The van der Waals surface area contributed by atoms with E-state index in [0.29, 0.717) is 18.3 Å². The molecule has 0 fully saturated rings. The molecule has 1 aromatic rings. The van der Waals surface area contributed by atoms with Crippen molar-refractivity contribution in [1.82, 2.24) is 14.9 Å². The van der Waals surface area contributed by atoms with Crippen molar-refractivity contribution >= 4 is 11.9 Å². The maximum absolute atomic E-state index is 11.5. The van der Waals surface area contributed by atoms with E-state index in [2.05, 4.69) is 15.3 Å². The van der Waals surface area contributed by atoms with Gasteiger partial charge in [-0.15, -0.1) is 0 Å². The summed E-state index contributed by atoms with van der Waals surface area (Å²) in [4.78, 5) is 21.6. The average Bonchev–Trinajstić information content (AvgIpc) is 2.28. The third kappa shape index (κ3) is 6.89. The van der Waals surface area contributed by atoms with E-state index in [-0.39, 0.29) is 0 Å². The Labute approximate surface area is 119 Å². The second-order valence-corrected chi connectivity index (χ2v) is 5.52. The largest absolute Gasteiger partial charge is 0.475 e. The van der Waals surface area contributed by atoms with Crippen molar-refractivity contribution in [1.29, 1.82) is 0 Å². The number of anilines is 1. The van der Waals surface area contributed by atoms with Crippen LogP contribution in [0.25, 0.3) is 0 Å². The van der Waals surface area contributed by atoms with Gasteiger partial charge in [0.05, 0.1) is 12.4 Å². The highest BCUT2D eigenvalue weighted by molar-refractivity contribution is 5.83. The molecule has 0 aromatic carbocycles. The summed E-state index contributed by atoms with van der Waals surface area (Å²) in [6, 6.07) is 0. The number of nitrogens with one attached hydrogen (secondary N) is 1. The summed E-state index contributed by atoms with van der Waals surface area (Å²) in [6.45, 7) is 6.69. The van der Waals surface area contributed by atoms with Crippen molar-refractivity contribution in [2.24, 2.45) is 0 Å². The topological polar surface area (TPSA) is 76.6 Å². The highest BCUT2D eigenvalue weighted by atomic mass is 16.6. The maximum Gasteiger partial charge on any atom is 0.413 e. The first-order valence-electron chi connectivity index (χ1n) is 6.36. The lowest BCUT2D eigenvalue weighted by Gasteiger charge is -2.19. The minimum atomic E-state index is -0.562. The van der Waals surface area contributed by atoms with Crippen molar-refractivity contribution < 1.29 is 14.3 Å². The quantitative estimate of drug-likeness (QED) is 0.887. The van der Waals surface area contributed by atoms with Crippen molar-refractivity contribution in [2.75, 3.05) is 32.6 Å². The zero-order valence-corrected chi connectivity index (χ0v) is 12.6. The molecule has 0 saturated heterocycles. The van der Waals surface area contributed by atoms with Crippen molar-refractivity contribution in [3.63, 3.8) is 0 Å². The van der Waals surface area contributed by atoms with E-state index in [1.54, 1.807) is 20.8 Å². The van der Waals surface area contributed by atoms with Crippen molar-refractivity contribution in [2.45, 2.75) is 26.4 Å². The lowest BCUT2D eigenvalue weighted by Crippen LogP contribution is -2.27. The molecule has 0 saturated carbocycles. The van der Waals surface area contributed by atoms with E-state index in [1.807, 2.05) is 19.0 Å². The second-order valence-electron chi connectivity index (χ2n) is 5.52. The first kappa shape index (κ1) is 16.2. The Bertz CT molecular complexity index is 426. The third-order valence-electron chi connectivity index (χ3n) is 2.05. The van der Waals surface area contributed by atoms with Gasteiger partial charge in [-0.2, -0.15) is 0 Å². The summed E-state index contributed by atoms with van der Waals surface area (Å²) in [5, 5.41) is 2.50. The molecular formula is C13H22N4O3. The molecule has 0 unspecified atom stereocenters. The van der Waals surface area contributed by atoms with Crippen LogP contribution in [-0.4, -0.2) is 53.8 Å².